The van der Waals surface area contributed by atoms with Crippen molar-refractivity contribution in [2.45, 2.75) is 53.1 Å². The normalized spacial score (nSPS) is 23.9. The molecule has 0 radical (unpaired) electrons. The van der Waals surface area contributed by atoms with Gasteiger partial charge in [-0.05, 0) is 53.1 Å². The predicted molar refractivity (Wildman–Crippen MR) is 100 cm³/mol. The summed E-state index contributed by atoms with van der Waals surface area (Å²) in [6, 6.07) is 1.37. The van der Waals surface area contributed by atoms with Crippen LogP contribution in [0.2, 0.25) is 0 Å². The van der Waals surface area contributed by atoms with E-state index in [0.717, 1.165) is 0 Å². The number of likely N-dealkylation sites (tertiary alicyclic amines) is 1. The van der Waals surface area contributed by atoms with E-state index in [1.54, 1.807) is 0 Å². The zero-order valence-electron chi connectivity index (χ0n) is 16.5. The van der Waals surface area contributed by atoms with E-state index >= 15 is 0 Å². The van der Waals surface area contributed by atoms with Crippen LogP contribution in [0.4, 0.5) is 0 Å². The van der Waals surface area contributed by atoms with Crippen LogP contribution in [0, 0.1) is 5.41 Å². The molecule has 0 aromatic carbocycles. The maximum absolute atomic E-state index is 2.66. The van der Waals surface area contributed by atoms with Gasteiger partial charge in [0, 0.05) is 64.4 Å². The van der Waals surface area contributed by atoms with E-state index in [1.165, 1.54) is 65.3 Å². The lowest BCUT2D eigenvalue weighted by atomic mass is 9.78. The SMILES string of the molecule is CC(C)N(C)CCC1(C)CN(CCN2CCN(C(C)C)CC2)C1. The quantitative estimate of drug-likeness (QED) is 0.677. The Morgan fingerprint density at radius 1 is 0.913 bits per heavy atom. The molecule has 4 nitrogen and oxygen atoms in total. The first-order valence-electron chi connectivity index (χ1n) is 9.68. The number of nitrogens with zero attached hydrogens (tertiary/aromatic N) is 4. The molecule has 2 fully saturated rings. The molecule has 2 aliphatic rings. The van der Waals surface area contributed by atoms with Crippen LogP contribution in [0.3, 0.4) is 0 Å². The van der Waals surface area contributed by atoms with E-state index in [0.29, 0.717) is 17.5 Å². The summed E-state index contributed by atoms with van der Waals surface area (Å²) in [5.74, 6) is 0. The Bertz CT molecular complexity index is 341. The Morgan fingerprint density at radius 3 is 2.00 bits per heavy atom. The van der Waals surface area contributed by atoms with Gasteiger partial charge >= 0.3 is 0 Å². The van der Waals surface area contributed by atoms with E-state index in [9.17, 15) is 0 Å². The lowest BCUT2D eigenvalue weighted by Gasteiger charge is -2.50. The summed E-state index contributed by atoms with van der Waals surface area (Å²) in [6.45, 7) is 23.0. The molecule has 0 aromatic heterocycles. The molecule has 0 saturated carbocycles. The third-order valence-corrected chi connectivity index (χ3v) is 6.03. The molecule has 2 aliphatic heterocycles. The van der Waals surface area contributed by atoms with E-state index < -0.39 is 0 Å². The fraction of sp³-hybridized carbons (Fsp3) is 1.00. The number of rotatable bonds is 8. The molecule has 2 rings (SSSR count). The van der Waals surface area contributed by atoms with Crippen molar-refractivity contribution in [3.05, 3.63) is 0 Å². The van der Waals surface area contributed by atoms with Crippen LogP contribution in [-0.4, -0.2) is 97.6 Å². The molecule has 0 atom stereocenters. The Kier molecular flexibility index (Phi) is 6.90. The monoisotopic (exact) mass is 324 g/mol. The molecule has 2 heterocycles. The van der Waals surface area contributed by atoms with Crippen molar-refractivity contribution in [3.8, 4) is 0 Å². The van der Waals surface area contributed by atoms with E-state index in [-0.39, 0.29) is 0 Å². The summed E-state index contributed by atoms with van der Waals surface area (Å²) in [6.07, 6.45) is 1.34. The highest BCUT2D eigenvalue weighted by molar-refractivity contribution is 4.92. The molecule has 0 aliphatic carbocycles. The van der Waals surface area contributed by atoms with Gasteiger partial charge < -0.3 is 9.80 Å². The maximum atomic E-state index is 2.66. The molecule has 0 spiro atoms. The molecular formula is C19H40N4. The lowest BCUT2D eigenvalue weighted by Crippen LogP contribution is -2.58. The first kappa shape index (κ1) is 19.2. The number of hydrogen-bond acceptors (Lipinski definition) is 4. The first-order valence-corrected chi connectivity index (χ1v) is 9.68. The van der Waals surface area contributed by atoms with Gasteiger partial charge in [-0.25, -0.2) is 0 Å². The molecule has 0 amide bonds. The van der Waals surface area contributed by atoms with E-state index in [4.69, 9.17) is 0 Å². The maximum Gasteiger partial charge on any atom is 0.0113 e. The van der Waals surface area contributed by atoms with Crippen LogP contribution >= 0.6 is 0 Å². The summed E-state index contributed by atoms with van der Waals surface area (Å²) in [7, 11) is 2.25. The molecule has 2 saturated heterocycles. The van der Waals surface area contributed by atoms with Crippen LogP contribution in [-0.2, 0) is 0 Å². The fourth-order valence-corrected chi connectivity index (χ4v) is 3.84. The van der Waals surface area contributed by atoms with Gasteiger partial charge in [-0.2, -0.15) is 0 Å². The highest BCUT2D eigenvalue weighted by atomic mass is 15.3. The topological polar surface area (TPSA) is 13.0 Å². The summed E-state index contributed by atoms with van der Waals surface area (Å²) in [5.41, 5.74) is 0.555. The van der Waals surface area contributed by atoms with Gasteiger partial charge in [-0.1, -0.05) is 6.92 Å². The minimum Gasteiger partial charge on any atom is -0.304 e. The molecular weight excluding hydrogens is 284 g/mol. The van der Waals surface area contributed by atoms with Gasteiger partial charge in [0.25, 0.3) is 0 Å². The standard InChI is InChI=1S/C19H40N4/c1-17(2)20(6)8-7-19(5)15-22(16-19)10-9-21-11-13-23(14-12-21)18(3)4/h17-18H,7-16H2,1-6H3. The van der Waals surface area contributed by atoms with Crippen molar-refractivity contribution in [1.29, 1.82) is 0 Å². The molecule has 0 aromatic rings. The van der Waals surface area contributed by atoms with Crippen LogP contribution < -0.4 is 0 Å². The second-order valence-corrected chi connectivity index (χ2v) is 8.82. The third-order valence-electron chi connectivity index (χ3n) is 6.03. The van der Waals surface area contributed by atoms with Crippen molar-refractivity contribution >= 4 is 0 Å². The van der Waals surface area contributed by atoms with Crippen LogP contribution in [0.1, 0.15) is 41.0 Å². The van der Waals surface area contributed by atoms with Crippen LogP contribution in [0.5, 0.6) is 0 Å². The molecule has 23 heavy (non-hydrogen) atoms. The molecule has 4 heteroatoms. The van der Waals surface area contributed by atoms with Crippen LogP contribution in [0.15, 0.2) is 0 Å². The average molecular weight is 325 g/mol. The Morgan fingerprint density at radius 2 is 1.48 bits per heavy atom. The summed E-state index contributed by atoms with van der Waals surface area (Å²) in [4.78, 5) is 10.4. The minimum absolute atomic E-state index is 0.555. The van der Waals surface area contributed by atoms with Crippen molar-refractivity contribution < 1.29 is 0 Å². The Balaban J connectivity index is 1.57. The van der Waals surface area contributed by atoms with Gasteiger partial charge in [0.05, 0.1) is 0 Å². The predicted octanol–water partition coefficient (Wildman–Crippen LogP) is 2.06. The second-order valence-electron chi connectivity index (χ2n) is 8.82. The Labute approximate surface area is 144 Å². The molecule has 0 N–H and O–H groups in total. The fourth-order valence-electron chi connectivity index (χ4n) is 3.84. The Hall–Kier alpha value is -0.160. The first-order chi connectivity index (χ1) is 10.8. The molecule has 0 bridgehead atoms. The highest BCUT2D eigenvalue weighted by Gasteiger charge is 2.38. The van der Waals surface area contributed by atoms with E-state index in [2.05, 4.69) is 61.3 Å². The largest absolute Gasteiger partial charge is 0.304 e. The molecule has 136 valence electrons. The zero-order valence-corrected chi connectivity index (χ0v) is 16.5. The van der Waals surface area contributed by atoms with Crippen molar-refractivity contribution in [3.63, 3.8) is 0 Å². The highest BCUT2D eigenvalue weighted by Crippen LogP contribution is 2.33. The third kappa shape index (κ3) is 5.70. The van der Waals surface area contributed by atoms with Gasteiger partial charge in [-0.15, -0.1) is 0 Å². The van der Waals surface area contributed by atoms with Crippen molar-refractivity contribution in [2.75, 3.05) is 66.0 Å². The smallest absolute Gasteiger partial charge is 0.0113 e. The minimum atomic E-state index is 0.555. The van der Waals surface area contributed by atoms with E-state index in [1.807, 2.05) is 0 Å². The van der Waals surface area contributed by atoms with Crippen molar-refractivity contribution in [2.24, 2.45) is 5.41 Å². The summed E-state index contributed by atoms with van der Waals surface area (Å²) >= 11 is 0. The van der Waals surface area contributed by atoms with Crippen LogP contribution in [0.25, 0.3) is 0 Å². The average Bonchev–Trinajstić information content (AvgIpc) is 2.48. The number of piperazine rings is 1. The van der Waals surface area contributed by atoms with Crippen molar-refractivity contribution in [1.82, 2.24) is 19.6 Å². The van der Waals surface area contributed by atoms with Gasteiger partial charge in [0.1, 0.15) is 0 Å². The molecule has 0 unspecified atom stereocenters. The van der Waals surface area contributed by atoms with Gasteiger partial charge in [0.2, 0.25) is 0 Å². The van der Waals surface area contributed by atoms with Gasteiger partial charge in [0.15, 0.2) is 0 Å². The summed E-state index contributed by atoms with van der Waals surface area (Å²) < 4.78 is 0. The second kappa shape index (κ2) is 8.28. The summed E-state index contributed by atoms with van der Waals surface area (Å²) in [5, 5.41) is 0. The zero-order chi connectivity index (χ0) is 17.0. The lowest BCUT2D eigenvalue weighted by molar-refractivity contribution is -0.00770. The van der Waals surface area contributed by atoms with Gasteiger partial charge in [-0.3, -0.25) is 9.80 Å². The number of hydrogen-bond donors (Lipinski definition) is 0.